The van der Waals surface area contributed by atoms with Crippen molar-refractivity contribution in [2.24, 2.45) is 5.92 Å². The highest BCUT2D eigenvalue weighted by atomic mass is 16.4. The molecule has 76 valence electrons. The van der Waals surface area contributed by atoms with Crippen molar-refractivity contribution in [1.29, 1.82) is 0 Å². The van der Waals surface area contributed by atoms with Crippen LogP contribution in [0.4, 0.5) is 0 Å². The van der Waals surface area contributed by atoms with Gasteiger partial charge in [0, 0.05) is 12.7 Å². The Labute approximate surface area is 81.1 Å². The highest BCUT2D eigenvalue weighted by molar-refractivity contribution is 5.92. The van der Waals surface area contributed by atoms with Gasteiger partial charge < -0.3 is 15.4 Å². The summed E-state index contributed by atoms with van der Waals surface area (Å²) in [4.78, 5) is 24.5. The average Bonchev–Trinajstić information content (AvgIpc) is 2.66. The lowest BCUT2D eigenvalue weighted by Gasteiger charge is -2.06. The first-order valence-electron chi connectivity index (χ1n) is 4.25. The van der Waals surface area contributed by atoms with E-state index in [0.29, 0.717) is 5.69 Å². The maximum absolute atomic E-state index is 11.3. The molecule has 1 amide bonds. The third-order valence-corrected chi connectivity index (χ3v) is 1.83. The monoisotopic (exact) mass is 196 g/mol. The number of nitrogens with one attached hydrogen (secondary N) is 2. The molecule has 0 aliphatic carbocycles. The number of carboxylic acids is 1. The first-order valence-corrected chi connectivity index (χ1v) is 4.25. The van der Waals surface area contributed by atoms with Gasteiger partial charge in [-0.2, -0.15) is 0 Å². The minimum atomic E-state index is -0.920. The number of hydrogen-bond acceptors (Lipinski definition) is 2. The van der Waals surface area contributed by atoms with Crippen LogP contribution in [0.25, 0.3) is 0 Å². The molecule has 3 N–H and O–H groups in total. The second-order valence-corrected chi connectivity index (χ2v) is 3.03. The van der Waals surface area contributed by atoms with Gasteiger partial charge in [0.2, 0.25) is 0 Å². The number of H-pyrrole nitrogens is 1. The number of amides is 1. The molecule has 1 atom stereocenters. The van der Waals surface area contributed by atoms with E-state index < -0.39 is 11.9 Å². The maximum Gasteiger partial charge on any atom is 0.308 e. The SMILES string of the molecule is C[C@@H](CNC(=O)c1ccc[nH]1)C(=O)O. The summed E-state index contributed by atoms with van der Waals surface area (Å²) in [6, 6.07) is 3.33. The van der Waals surface area contributed by atoms with E-state index in [1.165, 1.54) is 6.92 Å². The molecule has 1 heterocycles. The van der Waals surface area contributed by atoms with Gasteiger partial charge in [0.1, 0.15) is 5.69 Å². The van der Waals surface area contributed by atoms with Crippen LogP contribution < -0.4 is 5.32 Å². The molecule has 5 heteroatoms. The van der Waals surface area contributed by atoms with Crippen molar-refractivity contribution in [3.05, 3.63) is 24.0 Å². The molecular formula is C9H12N2O3. The van der Waals surface area contributed by atoms with E-state index in [0.717, 1.165) is 0 Å². The Morgan fingerprint density at radius 2 is 2.36 bits per heavy atom. The smallest absolute Gasteiger partial charge is 0.308 e. The highest BCUT2D eigenvalue weighted by Gasteiger charge is 2.12. The lowest BCUT2D eigenvalue weighted by molar-refractivity contribution is -0.140. The molecular weight excluding hydrogens is 184 g/mol. The molecule has 14 heavy (non-hydrogen) atoms. The number of rotatable bonds is 4. The standard InChI is InChI=1S/C9H12N2O3/c1-6(9(13)14)5-11-8(12)7-3-2-4-10-7/h2-4,6,10H,5H2,1H3,(H,11,12)(H,13,14)/t6-/m0/s1. The van der Waals surface area contributed by atoms with Gasteiger partial charge in [-0.05, 0) is 12.1 Å². The van der Waals surface area contributed by atoms with E-state index in [1.54, 1.807) is 18.3 Å². The number of aromatic nitrogens is 1. The lowest BCUT2D eigenvalue weighted by Crippen LogP contribution is -2.31. The van der Waals surface area contributed by atoms with Crippen LogP contribution in [-0.2, 0) is 4.79 Å². The van der Waals surface area contributed by atoms with Crippen LogP contribution in [0.3, 0.4) is 0 Å². The van der Waals surface area contributed by atoms with Gasteiger partial charge in [-0.25, -0.2) is 0 Å². The Hall–Kier alpha value is -1.78. The second-order valence-electron chi connectivity index (χ2n) is 3.03. The number of carboxylic acid groups (broad SMARTS) is 1. The van der Waals surface area contributed by atoms with Crippen molar-refractivity contribution in [3.63, 3.8) is 0 Å². The minimum Gasteiger partial charge on any atom is -0.481 e. The van der Waals surface area contributed by atoms with Crippen LogP contribution in [0.1, 0.15) is 17.4 Å². The Morgan fingerprint density at radius 1 is 1.64 bits per heavy atom. The minimum absolute atomic E-state index is 0.132. The van der Waals surface area contributed by atoms with Crippen molar-refractivity contribution < 1.29 is 14.7 Å². The summed E-state index contributed by atoms with van der Waals surface area (Å²) < 4.78 is 0. The number of carbonyl (C=O) groups excluding carboxylic acids is 1. The summed E-state index contributed by atoms with van der Waals surface area (Å²) in [5, 5.41) is 11.1. The maximum atomic E-state index is 11.3. The van der Waals surface area contributed by atoms with Gasteiger partial charge in [0.25, 0.3) is 5.91 Å². The van der Waals surface area contributed by atoms with E-state index in [1.807, 2.05) is 0 Å². The number of aliphatic carboxylic acids is 1. The summed E-state index contributed by atoms with van der Waals surface area (Å²) in [5.41, 5.74) is 0.433. The molecule has 0 aliphatic heterocycles. The zero-order chi connectivity index (χ0) is 10.6. The van der Waals surface area contributed by atoms with E-state index in [9.17, 15) is 9.59 Å². The normalized spacial score (nSPS) is 12.1. The van der Waals surface area contributed by atoms with E-state index in [4.69, 9.17) is 5.11 Å². The summed E-state index contributed by atoms with van der Waals surface area (Å²) in [6.45, 7) is 1.67. The Kier molecular flexibility index (Phi) is 3.28. The molecule has 0 radical (unpaired) electrons. The predicted octanol–water partition coefficient (Wildman–Crippen LogP) is 0.465. The van der Waals surface area contributed by atoms with Crippen LogP contribution in [0.2, 0.25) is 0 Å². The van der Waals surface area contributed by atoms with Crippen molar-refractivity contribution in [3.8, 4) is 0 Å². The van der Waals surface area contributed by atoms with Gasteiger partial charge in [0.05, 0.1) is 5.92 Å². The van der Waals surface area contributed by atoms with Crippen LogP contribution in [0, 0.1) is 5.92 Å². The molecule has 0 bridgehead atoms. The Morgan fingerprint density at radius 3 is 2.86 bits per heavy atom. The second kappa shape index (κ2) is 4.45. The van der Waals surface area contributed by atoms with Crippen molar-refractivity contribution in [2.45, 2.75) is 6.92 Å². The highest BCUT2D eigenvalue weighted by Crippen LogP contribution is 1.96. The van der Waals surface area contributed by atoms with Crippen LogP contribution >= 0.6 is 0 Å². The quantitative estimate of drug-likeness (QED) is 0.654. The van der Waals surface area contributed by atoms with E-state index >= 15 is 0 Å². The predicted molar refractivity (Wildman–Crippen MR) is 49.9 cm³/mol. The molecule has 5 nitrogen and oxygen atoms in total. The first kappa shape index (κ1) is 10.3. The fourth-order valence-electron chi connectivity index (χ4n) is 0.900. The first-order chi connectivity index (χ1) is 6.61. The lowest BCUT2D eigenvalue weighted by atomic mass is 10.2. The molecule has 0 aromatic carbocycles. The zero-order valence-electron chi connectivity index (χ0n) is 7.78. The number of aromatic amines is 1. The molecule has 1 aromatic rings. The summed E-state index contributed by atoms with van der Waals surface area (Å²) >= 11 is 0. The molecule has 0 saturated carbocycles. The number of carbonyl (C=O) groups is 2. The van der Waals surface area contributed by atoms with Gasteiger partial charge in [-0.3, -0.25) is 9.59 Å². The van der Waals surface area contributed by atoms with Crippen molar-refractivity contribution in [1.82, 2.24) is 10.3 Å². The fraction of sp³-hybridized carbons (Fsp3) is 0.333. The van der Waals surface area contributed by atoms with Gasteiger partial charge >= 0.3 is 5.97 Å². The van der Waals surface area contributed by atoms with Crippen molar-refractivity contribution in [2.75, 3.05) is 6.54 Å². The van der Waals surface area contributed by atoms with E-state index in [-0.39, 0.29) is 12.5 Å². The largest absolute Gasteiger partial charge is 0.481 e. The molecule has 0 saturated heterocycles. The molecule has 0 fully saturated rings. The van der Waals surface area contributed by atoms with Gasteiger partial charge in [0.15, 0.2) is 0 Å². The van der Waals surface area contributed by atoms with Gasteiger partial charge in [-0.15, -0.1) is 0 Å². The molecule has 0 unspecified atom stereocenters. The summed E-state index contributed by atoms with van der Waals surface area (Å²) in [7, 11) is 0. The Bertz CT molecular complexity index is 319. The summed E-state index contributed by atoms with van der Waals surface area (Å²) in [5.74, 6) is -1.78. The molecule has 1 rings (SSSR count). The number of hydrogen-bond donors (Lipinski definition) is 3. The molecule has 1 aromatic heterocycles. The Balaban J connectivity index is 2.40. The fourth-order valence-corrected chi connectivity index (χ4v) is 0.900. The third-order valence-electron chi connectivity index (χ3n) is 1.83. The zero-order valence-corrected chi connectivity index (χ0v) is 7.78. The van der Waals surface area contributed by atoms with Crippen LogP contribution in [0.5, 0.6) is 0 Å². The average molecular weight is 196 g/mol. The molecule has 0 aliphatic rings. The topological polar surface area (TPSA) is 82.2 Å². The third kappa shape index (κ3) is 2.62. The molecule has 0 spiro atoms. The van der Waals surface area contributed by atoms with Crippen molar-refractivity contribution >= 4 is 11.9 Å². The summed E-state index contributed by atoms with van der Waals surface area (Å²) in [6.07, 6.45) is 1.63. The van der Waals surface area contributed by atoms with Crippen LogP contribution in [0.15, 0.2) is 18.3 Å². The van der Waals surface area contributed by atoms with Crippen LogP contribution in [-0.4, -0.2) is 28.5 Å². The van der Waals surface area contributed by atoms with E-state index in [2.05, 4.69) is 10.3 Å². The van der Waals surface area contributed by atoms with Gasteiger partial charge in [-0.1, -0.05) is 6.92 Å².